The zero-order valence-electron chi connectivity index (χ0n) is 19.3. The third kappa shape index (κ3) is 4.11. The van der Waals surface area contributed by atoms with Gasteiger partial charge in [-0.3, -0.25) is 13.9 Å². The maximum absolute atomic E-state index is 13.0. The normalized spacial score (nSPS) is 17.5. The number of piperidine rings is 1. The van der Waals surface area contributed by atoms with Crippen LogP contribution in [0.15, 0.2) is 47.3 Å². The number of anilines is 1. The lowest BCUT2D eigenvalue weighted by molar-refractivity contribution is -0.118. The van der Waals surface area contributed by atoms with Crippen LogP contribution in [0.4, 0.5) is 5.69 Å². The average molecular weight is 467 g/mol. The Morgan fingerprint density at radius 3 is 2.45 bits per heavy atom. The number of rotatable bonds is 6. The van der Waals surface area contributed by atoms with Crippen LogP contribution in [0.5, 0.6) is 0 Å². The van der Waals surface area contributed by atoms with Crippen molar-refractivity contribution >= 4 is 34.2 Å². The Morgan fingerprint density at radius 2 is 1.73 bits per heavy atom. The predicted octanol–water partition coefficient (Wildman–Crippen LogP) is 4.48. The Balaban J connectivity index is 1.20. The van der Waals surface area contributed by atoms with E-state index in [1.807, 2.05) is 56.5 Å². The van der Waals surface area contributed by atoms with Crippen molar-refractivity contribution in [1.82, 2.24) is 14.0 Å². The van der Waals surface area contributed by atoms with E-state index in [1.54, 1.807) is 0 Å². The first-order valence-corrected chi connectivity index (χ1v) is 12.3. The maximum Gasteiger partial charge on any atom is 0.329 e. The van der Waals surface area contributed by atoms with Crippen molar-refractivity contribution in [3.63, 3.8) is 0 Å². The lowest BCUT2D eigenvalue weighted by Gasteiger charge is -2.37. The highest BCUT2D eigenvalue weighted by Gasteiger charge is 2.34. The summed E-state index contributed by atoms with van der Waals surface area (Å²) in [5.41, 5.74) is 4.18. The molecule has 0 spiro atoms. The number of amides is 1. The molecule has 1 aromatic heterocycles. The van der Waals surface area contributed by atoms with Crippen LogP contribution >= 0.6 is 11.6 Å². The molecule has 2 aliphatic heterocycles. The second-order valence-electron chi connectivity index (χ2n) is 9.53. The number of carbonyl (C=O) groups is 1. The molecular formula is C26H31ClN4O2. The van der Waals surface area contributed by atoms with E-state index in [-0.39, 0.29) is 23.7 Å². The van der Waals surface area contributed by atoms with Gasteiger partial charge in [0.2, 0.25) is 5.91 Å². The first-order chi connectivity index (χ1) is 15.9. The molecule has 1 amide bonds. The molecule has 5 rings (SSSR count). The summed E-state index contributed by atoms with van der Waals surface area (Å²) in [7, 11) is 0. The molecule has 0 N–H and O–H groups in total. The number of fused-ring (bicyclic) bond motifs is 2. The van der Waals surface area contributed by atoms with E-state index < -0.39 is 0 Å². The molecule has 7 heteroatoms. The second kappa shape index (κ2) is 8.99. The molecule has 1 fully saturated rings. The van der Waals surface area contributed by atoms with Crippen molar-refractivity contribution < 1.29 is 4.79 Å². The van der Waals surface area contributed by atoms with Crippen LogP contribution in [0.25, 0.3) is 11.0 Å². The minimum absolute atomic E-state index is 0.0798. The minimum atomic E-state index is 0.0798. The van der Waals surface area contributed by atoms with Gasteiger partial charge in [-0.2, -0.15) is 0 Å². The van der Waals surface area contributed by atoms with Gasteiger partial charge in [-0.05, 0) is 75.5 Å². The van der Waals surface area contributed by atoms with Gasteiger partial charge < -0.3 is 9.80 Å². The number of hydrogen-bond donors (Lipinski definition) is 0. The lowest BCUT2D eigenvalue weighted by Crippen LogP contribution is -2.46. The van der Waals surface area contributed by atoms with Gasteiger partial charge >= 0.3 is 5.69 Å². The van der Waals surface area contributed by atoms with Gasteiger partial charge in [-0.25, -0.2) is 4.79 Å². The number of para-hydroxylation sites is 2. The van der Waals surface area contributed by atoms with Crippen LogP contribution in [0.1, 0.15) is 44.7 Å². The molecule has 33 heavy (non-hydrogen) atoms. The van der Waals surface area contributed by atoms with Crippen molar-refractivity contribution in [3.05, 3.63) is 63.5 Å². The Bertz CT molecular complexity index is 1240. The van der Waals surface area contributed by atoms with Gasteiger partial charge in [0.1, 0.15) is 0 Å². The van der Waals surface area contributed by atoms with Gasteiger partial charge in [-0.1, -0.05) is 23.7 Å². The number of halogens is 1. The number of hydrogen-bond acceptors (Lipinski definition) is 3. The summed E-state index contributed by atoms with van der Waals surface area (Å²) in [6.07, 6.45) is 3.33. The van der Waals surface area contributed by atoms with E-state index in [0.29, 0.717) is 11.4 Å². The van der Waals surface area contributed by atoms with E-state index in [1.165, 1.54) is 0 Å². The van der Waals surface area contributed by atoms with Crippen molar-refractivity contribution in [2.75, 3.05) is 24.5 Å². The number of carbonyl (C=O) groups excluding carboxylic acids is 1. The molecule has 174 valence electrons. The molecule has 2 aliphatic rings. The van der Waals surface area contributed by atoms with E-state index >= 15 is 0 Å². The molecule has 0 bridgehead atoms. The van der Waals surface area contributed by atoms with Crippen LogP contribution in [-0.4, -0.2) is 45.6 Å². The van der Waals surface area contributed by atoms with Crippen molar-refractivity contribution in [2.45, 2.75) is 58.2 Å². The monoisotopic (exact) mass is 466 g/mol. The summed E-state index contributed by atoms with van der Waals surface area (Å²) in [5.74, 6) is 0.187. The maximum atomic E-state index is 13.0. The molecule has 3 heterocycles. The average Bonchev–Trinajstić information content (AvgIpc) is 3.27. The highest BCUT2D eigenvalue weighted by molar-refractivity contribution is 6.30. The number of benzene rings is 2. The molecule has 0 saturated carbocycles. The standard InChI is InChI=1S/C26H31ClN4O2/c1-18(2)30-24-7-4-3-6-23(24)29(26(30)33)13-5-12-28-14-10-21(11-15-28)31-22-9-8-20(27)16-19(22)17-25(31)32/h3-4,6-9,16,18,21H,5,10-15,17H2,1-2H3. The van der Waals surface area contributed by atoms with Crippen LogP contribution < -0.4 is 10.6 Å². The van der Waals surface area contributed by atoms with E-state index in [0.717, 1.165) is 67.7 Å². The number of aryl methyl sites for hydroxylation is 1. The summed E-state index contributed by atoms with van der Waals surface area (Å²) in [6, 6.07) is 14.2. The highest BCUT2D eigenvalue weighted by atomic mass is 35.5. The molecule has 0 radical (unpaired) electrons. The Kier molecular flexibility index (Phi) is 6.06. The smallest absolute Gasteiger partial charge is 0.309 e. The van der Waals surface area contributed by atoms with E-state index in [2.05, 4.69) is 18.7 Å². The zero-order valence-corrected chi connectivity index (χ0v) is 20.1. The topological polar surface area (TPSA) is 50.5 Å². The van der Waals surface area contributed by atoms with Gasteiger partial charge in [0, 0.05) is 42.4 Å². The van der Waals surface area contributed by atoms with Crippen molar-refractivity contribution in [1.29, 1.82) is 0 Å². The van der Waals surface area contributed by atoms with Crippen LogP contribution in [0.3, 0.4) is 0 Å². The van der Waals surface area contributed by atoms with Gasteiger partial charge in [0.05, 0.1) is 17.5 Å². The van der Waals surface area contributed by atoms with Crippen molar-refractivity contribution in [3.8, 4) is 0 Å². The van der Waals surface area contributed by atoms with Gasteiger partial charge in [0.15, 0.2) is 0 Å². The third-order valence-electron chi connectivity index (χ3n) is 7.08. The summed E-state index contributed by atoms with van der Waals surface area (Å²) < 4.78 is 3.81. The highest BCUT2D eigenvalue weighted by Crippen LogP contribution is 2.35. The fraction of sp³-hybridized carbons (Fsp3) is 0.462. The minimum Gasteiger partial charge on any atom is -0.309 e. The Morgan fingerprint density at radius 1 is 1.00 bits per heavy atom. The fourth-order valence-corrected chi connectivity index (χ4v) is 5.71. The summed E-state index contributed by atoms with van der Waals surface area (Å²) in [4.78, 5) is 30.2. The van der Waals surface area contributed by atoms with Gasteiger partial charge in [0.25, 0.3) is 0 Å². The molecule has 6 nitrogen and oxygen atoms in total. The summed E-state index contributed by atoms with van der Waals surface area (Å²) >= 11 is 6.12. The molecule has 1 saturated heterocycles. The van der Waals surface area contributed by atoms with Crippen molar-refractivity contribution in [2.24, 2.45) is 0 Å². The lowest BCUT2D eigenvalue weighted by atomic mass is 10.0. The number of likely N-dealkylation sites (tertiary alicyclic amines) is 1. The quantitative estimate of drug-likeness (QED) is 0.538. The summed E-state index contributed by atoms with van der Waals surface area (Å²) in [6.45, 7) is 7.74. The largest absolute Gasteiger partial charge is 0.329 e. The molecule has 2 aromatic carbocycles. The van der Waals surface area contributed by atoms with Crippen LogP contribution in [0.2, 0.25) is 5.02 Å². The molecule has 3 aromatic rings. The summed E-state index contributed by atoms with van der Waals surface area (Å²) in [5, 5.41) is 0.689. The number of aromatic nitrogens is 2. The van der Waals surface area contributed by atoms with E-state index in [4.69, 9.17) is 11.6 Å². The molecule has 0 unspecified atom stereocenters. The van der Waals surface area contributed by atoms with Crippen LogP contribution in [-0.2, 0) is 17.8 Å². The number of imidazole rings is 1. The zero-order chi connectivity index (χ0) is 23.1. The first-order valence-electron chi connectivity index (χ1n) is 12.0. The first kappa shape index (κ1) is 22.2. The number of nitrogens with zero attached hydrogens (tertiary/aromatic N) is 4. The SMILES string of the molecule is CC(C)n1c(=O)n(CCCN2CCC(N3C(=O)Cc4cc(Cl)ccc43)CC2)c2ccccc21. The van der Waals surface area contributed by atoms with Crippen LogP contribution in [0, 0.1) is 0 Å². The second-order valence-corrected chi connectivity index (χ2v) is 9.96. The van der Waals surface area contributed by atoms with Gasteiger partial charge in [-0.15, -0.1) is 0 Å². The Labute approximate surface area is 199 Å². The third-order valence-corrected chi connectivity index (χ3v) is 7.31. The predicted molar refractivity (Wildman–Crippen MR) is 133 cm³/mol. The Hall–Kier alpha value is -2.57. The molecular weight excluding hydrogens is 436 g/mol. The van der Waals surface area contributed by atoms with E-state index in [9.17, 15) is 9.59 Å². The fourth-order valence-electron chi connectivity index (χ4n) is 5.51. The molecule has 0 atom stereocenters. The molecule has 0 aliphatic carbocycles.